The first-order chi connectivity index (χ1) is 8.99. The summed E-state index contributed by atoms with van der Waals surface area (Å²) in [5.41, 5.74) is 0.961. The van der Waals surface area contributed by atoms with E-state index >= 15 is 0 Å². The zero-order valence-corrected chi connectivity index (χ0v) is 12.6. The van der Waals surface area contributed by atoms with E-state index in [1.165, 1.54) is 11.3 Å². The van der Waals surface area contributed by atoms with Crippen LogP contribution in [-0.4, -0.2) is 52.8 Å². The van der Waals surface area contributed by atoms with Gasteiger partial charge in [0, 0.05) is 23.7 Å². The molecule has 1 aliphatic rings. The minimum atomic E-state index is -0.279. The maximum atomic E-state index is 12.3. The molecule has 19 heavy (non-hydrogen) atoms. The van der Waals surface area contributed by atoms with E-state index < -0.39 is 0 Å². The van der Waals surface area contributed by atoms with Crippen LogP contribution in [0.2, 0.25) is 0 Å². The van der Waals surface area contributed by atoms with Crippen molar-refractivity contribution in [3.63, 3.8) is 0 Å². The highest BCUT2D eigenvalue weighted by molar-refractivity contribution is 7.73. The SMILES string of the molecule is Cc1[nH]c(=S)sc1CC(=O)N1CC(C)OC(CO)C1. The van der Waals surface area contributed by atoms with Gasteiger partial charge in [-0.1, -0.05) is 0 Å². The Morgan fingerprint density at radius 3 is 2.95 bits per heavy atom. The second-order valence-electron chi connectivity index (χ2n) is 4.79. The van der Waals surface area contributed by atoms with Gasteiger partial charge in [0.1, 0.15) is 0 Å². The molecule has 1 fully saturated rings. The number of hydrogen-bond acceptors (Lipinski definition) is 5. The highest BCUT2D eigenvalue weighted by atomic mass is 32.1. The zero-order valence-electron chi connectivity index (χ0n) is 11.0. The lowest BCUT2D eigenvalue weighted by molar-refractivity contribution is -0.146. The summed E-state index contributed by atoms with van der Waals surface area (Å²) in [5.74, 6) is 0.0574. The second-order valence-corrected chi connectivity index (χ2v) is 6.56. The number of carbonyl (C=O) groups is 1. The second kappa shape index (κ2) is 6.13. The fourth-order valence-corrected chi connectivity index (χ4v) is 3.49. The lowest BCUT2D eigenvalue weighted by Gasteiger charge is -2.36. The highest BCUT2D eigenvalue weighted by Crippen LogP contribution is 2.18. The van der Waals surface area contributed by atoms with Gasteiger partial charge < -0.3 is 19.7 Å². The Morgan fingerprint density at radius 2 is 2.37 bits per heavy atom. The Labute approximate surface area is 121 Å². The van der Waals surface area contributed by atoms with Crippen LogP contribution >= 0.6 is 23.6 Å². The molecule has 5 nitrogen and oxygen atoms in total. The van der Waals surface area contributed by atoms with Crippen molar-refractivity contribution < 1.29 is 14.6 Å². The normalized spacial score (nSPS) is 23.6. The Hall–Kier alpha value is -0.760. The third-order valence-electron chi connectivity index (χ3n) is 3.12. The lowest BCUT2D eigenvalue weighted by atomic mass is 10.2. The molecule has 2 atom stereocenters. The summed E-state index contributed by atoms with van der Waals surface area (Å²) < 4.78 is 6.23. The summed E-state index contributed by atoms with van der Waals surface area (Å²) in [7, 11) is 0. The fraction of sp³-hybridized carbons (Fsp3) is 0.667. The molecule has 0 radical (unpaired) electrons. The van der Waals surface area contributed by atoms with E-state index in [1.54, 1.807) is 4.90 Å². The maximum Gasteiger partial charge on any atom is 0.228 e. The number of nitrogens with zero attached hydrogens (tertiary/aromatic N) is 1. The van der Waals surface area contributed by atoms with Crippen molar-refractivity contribution in [3.05, 3.63) is 14.5 Å². The van der Waals surface area contributed by atoms with Crippen molar-refractivity contribution in [3.8, 4) is 0 Å². The predicted octanol–water partition coefficient (Wildman–Crippen LogP) is 1.26. The number of aliphatic hydroxyl groups excluding tert-OH is 1. The third kappa shape index (κ3) is 3.62. The van der Waals surface area contributed by atoms with Crippen molar-refractivity contribution in [2.24, 2.45) is 0 Å². The predicted molar refractivity (Wildman–Crippen MR) is 75.9 cm³/mol. The Balaban J connectivity index is 2.03. The Kier molecular flexibility index (Phi) is 4.72. The molecule has 2 N–H and O–H groups in total. The molecule has 1 saturated heterocycles. The number of aliphatic hydroxyl groups is 1. The highest BCUT2D eigenvalue weighted by Gasteiger charge is 2.28. The molecule has 0 aromatic carbocycles. The number of rotatable bonds is 3. The van der Waals surface area contributed by atoms with Crippen LogP contribution in [0, 0.1) is 10.9 Å². The van der Waals surface area contributed by atoms with Crippen LogP contribution in [0.5, 0.6) is 0 Å². The van der Waals surface area contributed by atoms with E-state index in [0.717, 1.165) is 10.6 Å². The van der Waals surface area contributed by atoms with Crippen LogP contribution in [0.1, 0.15) is 17.5 Å². The van der Waals surface area contributed by atoms with Gasteiger partial charge in [-0.3, -0.25) is 4.79 Å². The number of amides is 1. The molecule has 0 bridgehead atoms. The number of carbonyl (C=O) groups excluding carboxylic acids is 1. The van der Waals surface area contributed by atoms with Crippen molar-refractivity contribution in [1.29, 1.82) is 0 Å². The van der Waals surface area contributed by atoms with Crippen molar-refractivity contribution in [1.82, 2.24) is 9.88 Å². The van der Waals surface area contributed by atoms with Crippen LogP contribution in [0.25, 0.3) is 0 Å². The van der Waals surface area contributed by atoms with E-state index in [2.05, 4.69) is 4.98 Å². The molecule has 1 aromatic rings. The molecule has 0 aliphatic carbocycles. The quantitative estimate of drug-likeness (QED) is 0.825. The molecule has 1 aliphatic heterocycles. The Bertz CT molecular complexity index is 511. The van der Waals surface area contributed by atoms with Gasteiger partial charge in [-0.15, -0.1) is 11.3 Å². The van der Waals surface area contributed by atoms with Crippen molar-refractivity contribution in [2.75, 3.05) is 19.7 Å². The molecule has 1 aromatic heterocycles. The number of nitrogens with one attached hydrogen (secondary N) is 1. The van der Waals surface area contributed by atoms with Gasteiger partial charge in [-0.25, -0.2) is 0 Å². The van der Waals surface area contributed by atoms with Gasteiger partial charge in [-0.05, 0) is 26.1 Å². The third-order valence-corrected chi connectivity index (χ3v) is 4.45. The molecule has 2 heterocycles. The molecule has 1 amide bonds. The molecular formula is C12H18N2O3S2. The van der Waals surface area contributed by atoms with Crippen molar-refractivity contribution in [2.45, 2.75) is 32.5 Å². The number of thiazole rings is 1. The Morgan fingerprint density at radius 1 is 1.63 bits per heavy atom. The first-order valence-corrected chi connectivity index (χ1v) is 7.44. The largest absolute Gasteiger partial charge is 0.394 e. The molecular weight excluding hydrogens is 284 g/mol. The zero-order chi connectivity index (χ0) is 14.0. The van der Waals surface area contributed by atoms with Gasteiger partial charge in [0.25, 0.3) is 0 Å². The number of aryl methyl sites for hydroxylation is 1. The van der Waals surface area contributed by atoms with Crippen LogP contribution in [-0.2, 0) is 16.0 Å². The van der Waals surface area contributed by atoms with Crippen LogP contribution in [0.4, 0.5) is 0 Å². The number of morpholine rings is 1. The topological polar surface area (TPSA) is 65.6 Å². The molecule has 2 unspecified atom stereocenters. The summed E-state index contributed by atoms with van der Waals surface area (Å²) >= 11 is 6.52. The number of hydrogen-bond donors (Lipinski definition) is 2. The summed E-state index contributed by atoms with van der Waals surface area (Å²) in [5, 5.41) is 9.17. The first kappa shape index (κ1) is 14.6. The average Bonchev–Trinajstić information content (AvgIpc) is 2.67. The van der Waals surface area contributed by atoms with E-state index in [0.29, 0.717) is 23.5 Å². The van der Waals surface area contributed by atoms with E-state index in [-0.39, 0.29) is 24.7 Å². The van der Waals surface area contributed by atoms with E-state index in [9.17, 15) is 4.79 Å². The number of ether oxygens (including phenoxy) is 1. The number of aromatic nitrogens is 1. The molecule has 7 heteroatoms. The molecule has 106 valence electrons. The molecule has 0 saturated carbocycles. The van der Waals surface area contributed by atoms with Gasteiger partial charge in [0.2, 0.25) is 5.91 Å². The monoisotopic (exact) mass is 302 g/mol. The summed E-state index contributed by atoms with van der Waals surface area (Å²) in [6.45, 7) is 4.80. The minimum Gasteiger partial charge on any atom is -0.394 e. The smallest absolute Gasteiger partial charge is 0.228 e. The van der Waals surface area contributed by atoms with Crippen molar-refractivity contribution >= 4 is 29.5 Å². The maximum absolute atomic E-state index is 12.3. The molecule has 0 spiro atoms. The lowest BCUT2D eigenvalue weighted by Crippen LogP contribution is -2.50. The summed E-state index contributed by atoms with van der Waals surface area (Å²) in [6, 6.07) is 0. The van der Waals surface area contributed by atoms with E-state index in [4.69, 9.17) is 22.1 Å². The first-order valence-electron chi connectivity index (χ1n) is 6.22. The summed E-state index contributed by atoms with van der Waals surface area (Å²) in [6.07, 6.45) is 0.0349. The number of H-pyrrole nitrogens is 1. The molecule has 2 rings (SSSR count). The van der Waals surface area contributed by atoms with Gasteiger partial charge in [0.05, 0.1) is 25.2 Å². The van der Waals surface area contributed by atoms with Gasteiger partial charge in [-0.2, -0.15) is 0 Å². The van der Waals surface area contributed by atoms with Crippen LogP contribution in [0.3, 0.4) is 0 Å². The van der Waals surface area contributed by atoms with E-state index in [1.807, 2.05) is 13.8 Å². The fourth-order valence-electron chi connectivity index (χ4n) is 2.20. The summed E-state index contributed by atoms with van der Waals surface area (Å²) in [4.78, 5) is 18.1. The minimum absolute atomic E-state index is 0.0413. The standard InChI is InChI=1S/C12H18N2O3S2/c1-7-4-14(5-9(6-15)17-7)11(16)3-10-8(2)13-12(18)19-10/h7,9,15H,3-6H2,1-2H3,(H,13,18). The van der Waals surface area contributed by atoms with Crippen LogP contribution < -0.4 is 0 Å². The van der Waals surface area contributed by atoms with Crippen LogP contribution in [0.15, 0.2) is 0 Å². The van der Waals surface area contributed by atoms with Gasteiger partial charge in [0.15, 0.2) is 3.95 Å². The number of aromatic amines is 1. The average molecular weight is 302 g/mol. The van der Waals surface area contributed by atoms with Gasteiger partial charge >= 0.3 is 0 Å².